The van der Waals surface area contributed by atoms with E-state index in [2.05, 4.69) is 0 Å². The maximum absolute atomic E-state index is 11.5. The number of carbonyl (C=O) groups excluding carboxylic acids is 1. The molecule has 1 rings (SSSR count). The fourth-order valence-corrected chi connectivity index (χ4v) is 1.82. The molecule has 5 heteroatoms. The Bertz CT molecular complexity index is 236. The lowest BCUT2D eigenvalue weighted by Gasteiger charge is -2.23. The highest BCUT2D eigenvalue weighted by molar-refractivity contribution is 5.82. The Morgan fingerprint density at radius 1 is 1.40 bits per heavy atom. The average Bonchev–Trinajstić information content (AvgIpc) is 2.66. The van der Waals surface area contributed by atoms with Crippen molar-refractivity contribution in [2.45, 2.75) is 32.2 Å². The number of hydrogen-bond donors (Lipinski definition) is 1. The van der Waals surface area contributed by atoms with E-state index >= 15 is 0 Å². The van der Waals surface area contributed by atoms with E-state index in [9.17, 15) is 9.59 Å². The summed E-state index contributed by atoms with van der Waals surface area (Å²) in [5, 5.41) is 8.73. The second-order valence-electron chi connectivity index (χ2n) is 3.61. The van der Waals surface area contributed by atoms with Crippen LogP contribution in [0, 0.1) is 0 Å². The molecule has 0 saturated carbocycles. The number of nitrogens with zero attached hydrogens (tertiary/aromatic N) is 1. The summed E-state index contributed by atoms with van der Waals surface area (Å²) in [4.78, 5) is 24.1. The zero-order valence-corrected chi connectivity index (χ0v) is 8.94. The Morgan fingerprint density at radius 3 is 2.47 bits per heavy atom. The number of hydrogen-bond acceptors (Lipinski definition) is 4. The molecule has 1 atom stereocenters. The first-order valence-corrected chi connectivity index (χ1v) is 5.27. The number of esters is 1. The number of rotatable bonds is 5. The fraction of sp³-hybridized carbons (Fsp3) is 0.800. The van der Waals surface area contributed by atoms with Gasteiger partial charge in [0.2, 0.25) is 0 Å². The lowest BCUT2D eigenvalue weighted by Crippen LogP contribution is -2.41. The minimum Gasteiger partial charge on any atom is -0.481 e. The maximum atomic E-state index is 11.5. The quantitative estimate of drug-likeness (QED) is 0.676. The second kappa shape index (κ2) is 5.70. The Labute approximate surface area is 89.0 Å². The number of likely N-dealkylation sites (tertiary alicyclic amines) is 1. The summed E-state index contributed by atoms with van der Waals surface area (Å²) in [5.74, 6) is -1.37. The lowest BCUT2D eigenvalue weighted by atomic mass is 10.2. The molecule has 0 aromatic rings. The van der Waals surface area contributed by atoms with Crippen molar-refractivity contribution in [2.75, 3.05) is 19.7 Å². The van der Waals surface area contributed by atoms with Crippen molar-refractivity contribution in [3.8, 4) is 0 Å². The van der Waals surface area contributed by atoms with Gasteiger partial charge in [-0.15, -0.1) is 0 Å². The summed E-state index contributed by atoms with van der Waals surface area (Å²) in [7, 11) is 0. The van der Waals surface area contributed by atoms with Gasteiger partial charge in [0.25, 0.3) is 0 Å². The van der Waals surface area contributed by atoms with Gasteiger partial charge >= 0.3 is 11.9 Å². The minimum atomic E-state index is -0.958. The van der Waals surface area contributed by atoms with Gasteiger partial charge in [-0.1, -0.05) is 0 Å². The van der Waals surface area contributed by atoms with E-state index in [1.807, 2.05) is 4.90 Å². The fourth-order valence-electron chi connectivity index (χ4n) is 1.82. The molecule has 1 fully saturated rings. The largest absolute Gasteiger partial charge is 0.481 e. The van der Waals surface area contributed by atoms with Crippen molar-refractivity contribution in [2.24, 2.45) is 0 Å². The minimum absolute atomic E-state index is 0.168. The molecular weight excluding hydrogens is 198 g/mol. The molecule has 1 N–H and O–H groups in total. The molecule has 0 amide bonds. The summed E-state index contributed by atoms with van der Waals surface area (Å²) in [6.07, 6.45) is 1.88. The molecule has 86 valence electrons. The van der Waals surface area contributed by atoms with E-state index in [1.54, 1.807) is 6.92 Å². The van der Waals surface area contributed by atoms with Crippen molar-refractivity contribution < 1.29 is 19.4 Å². The van der Waals surface area contributed by atoms with Gasteiger partial charge in [-0.05, 0) is 32.9 Å². The third kappa shape index (κ3) is 3.51. The lowest BCUT2D eigenvalue weighted by molar-refractivity contribution is -0.153. The van der Waals surface area contributed by atoms with Crippen LogP contribution in [0.2, 0.25) is 0 Å². The van der Waals surface area contributed by atoms with Gasteiger partial charge in [-0.3, -0.25) is 14.5 Å². The van der Waals surface area contributed by atoms with Crippen LogP contribution in [0.25, 0.3) is 0 Å². The summed E-state index contributed by atoms with van der Waals surface area (Å²) < 4.78 is 4.87. The first-order valence-electron chi connectivity index (χ1n) is 5.27. The predicted molar refractivity (Wildman–Crippen MR) is 53.5 cm³/mol. The van der Waals surface area contributed by atoms with Gasteiger partial charge in [0, 0.05) is 0 Å². The average molecular weight is 215 g/mol. The summed E-state index contributed by atoms with van der Waals surface area (Å²) >= 11 is 0. The smallest absolute Gasteiger partial charge is 0.323 e. The number of aliphatic carboxylic acids is 1. The van der Waals surface area contributed by atoms with Crippen LogP contribution in [0.15, 0.2) is 0 Å². The third-order valence-corrected chi connectivity index (χ3v) is 2.51. The molecule has 5 nitrogen and oxygen atoms in total. The highest BCUT2D eigenvalue weighted by Crippen LogP contribution is 2.15. The predicted octanol–water partition coefficient (Wildman–Crippen LogP) is 0.489. The van der Waals surface area contributed by atoms with Crippen molar-refractivity contribution >= 4 is 11.9 Å². The van der Waals surface area contributed by atoms with Gasteiger partial charge in [0.1, 0.15) is 6.04 Å². The van der Waals surface area contributed by atoms with Crippen molar-refractivity contribution in [1.29, 1.82) is 0 Å². The summed E-state index contributed by atoms with van der Waals surface area (Å²) in [6.45, 7) is 3.59. The van der Waals surface area contributed by atoms with Crippen LogP contribution in [-0.2, 0) is 14.3 Å². The topological polar surface area (TPSA) is 66.8 Å². The molecule has 15 heavy (non-hydrogen) atoms. The van der Waals surface area contributed by atoms with Crippen LogP contribution in [0.3, 0.4) is 0 Å². The maximum Gasteiger partial charge on any atom is 0.323 e. The highest BCUT2D eigenvalue weighted by atomic mass is 16.5. The molecule has 0 aliphatic carbocycles. The van der Waals surface area contributed by atoms with Crippen LogP contribution >= 0.6 is 0 Å². The summed E-state index contributed by atoms with van der Waals surface area (Å²) in [6, 6.07) is -0.607. The first-order chi connectivity index (χ1) is 7.15. The molecule has 1 heterocycles. The molecule has 1 saturated heterocycles. The molecule has 0 bridgehead atoms. The Kier molecular flexibility index (Phi) is 4.55. The summed E-state index contributed by atoms with van der Waals surface area (Å²) in [5.41, 5.74) is 0. The zero-order valence-electron chi connectivity index (χ0n) is 8.94. The van der Waals surface area contributed by atoms with Crippen LogP contribution in [-0.4, -0.2) is 47.7 Å². The molecule has 1 aliphatic heterocycles. The number of ether oxygens (including phenoxy) is 1. The number of carbonyl (C=O) groups is 2. The Hall–Kier alpha value is -1.10. The first kappa shape index (κ1) is 12.0. The molecule has 0 spiro atoms. The van der Waals surface area contributed by atoms with Crippen LogP contribution in [0.1, 0.15) is 26.2 Å². The van der Waals surface area contributed by atoms with E-state index in [0.29, 0.717) is 6.61 Å². The molecule has 0 aromatic carbocycles. The van der Waals surface area contributed by atoms with E-state index in [1.165, 1.54) is 0 Å². The van der Waals surface area contributed by atoms with E-state index in [-0.39, 0.29) is 6.42 Å². The van der Waals surface area contributed by atoms with Crippen LogP contribution in [0.4, 0.5) is 0 Å². The van der Waals surface area contributed by atoms with Crippen LogP contribution in [0.5, 0.6) is 0 Å². The third-order valence-electron chi connectivity index (χ3n) is 2.51. The number of carboxylic acid groups (broad SMARTS) is 1. The van der Waals surface area contributed by atoms with E-state index in [4.69, 9.17) is 9.84 Å². The molecule has 1 unspecified atom stereocenters. The monoisotopic (exact) mass is 215 g/mol. The number of carboxylic acids is 1. The standard InChI is InChI=1S/C10H17NO4/c1-2-15-10(14)8(7-9(12)13)11-5-3-4-6-11/h8H,2-7H2,1H3,(H,12,13). The Balaban J connectivity index is 2.58. The molecule has 1 aliphatic rings. The van der Waals surface area contributed by atoms with Crippen LogP contribution < -0.4 is 0 Å². The van der Waals surface area contributed by atoms with E-state index in [0.717, 1.165) is 25.9 Å². The van der Waals surface area contributed by atoms with Crippen molar-refractivity contribution in [3.63, 3.8) is 0 Å². The SMILES string of the molecule is CCOC(=O)C(CC(=O)O)N1CCCC1. The van der Waals surface area contributed by atoms with E-state index < -0.39 is 18.0 Å². The van der Waals surface area contributed by atoms with Crippen molar-refractivity contribution in [3.05, 3.63) is 0 Å². The molecule has 0 aromatic heterocycles. The van der Waals surface area contributed by atoms with Gasteiger partial charge < -0.3 is 9.84 Å². The molecule has 0 radical (unpaired) electrons. The highest BCUT2D eigenvalue weighted by Gasteiger charge is 2.31. The van der Waals surface area contributed by atoms with Gasteiger partial charge in [0.15, 0.2) is 0 Å². The second-order valence-corrected chi connectivity index (χ2v) is 3.61. The zero-order chi connectivity index (χ0) is 11.3. The Morgan fingerprint density at radius 2 is 2.00 bits per heavy atom. The van der Waals surface area contributed by atoms with Gasteiger partial charge in [-0.2, -0.15) is 0 Å². The molecular formula is C10H17NO4. The van der Waals surface area contributed by atoms with Gasteiger partial charge in [0.05, 0.1) is 13.0 Å². The normalized spacial score (nSPS) is 18.7. The van der Waals surface area contributed by atoms with Crippen molar-refractivity contribution in [1.82, 2.24) is 4.90 Å². The van der Waals surface area contributed by atoms with Gasteiger partial charge in [-0.25, -0.2) is 0 Å².